The van der Waals surface area contributed by atoms with Gasteiger partial charge < -0.3 is 5.32 Å². The summed E-state index contributed by atoms with van der Waals surface area (Å²) in [7, 11) is 0. The fraction of sp³-hybridized carbons (Fsp3) is 0.455. The van der Waals surface area contributed by atoms with Crippen LogP contribution >= 0.6 is 43.2 Å². The molecule has 1 heterocycles. The maximum absolute atomic E-state index is 3.48. The molecule has 15 heavy (non-hydrogen) atoms. The lowest BCUT2D eigenvalue weighted by Gasteiger charge is -2.03. The normalized spacial score (nSPS) is 11.8. The first-order valence-corrected chi connectivity index (χ1v) is 7.32. The number of hydrogen-bond acceptors (Lipinski definition) is 2. The molecule has 1 rings (SSSR count). The van der Waals surface area contributed by atoms with Gasteiger partial charge in [0, 0.05) is 15.9 Å². The van der Waals surface area contributed by atoms with Gasteiger partial charge in [0.25, 0.3) is 0 Å². The van der Waals surface area contributed by atoms with Gasteiger partial charge in [-0.15, -0.1) is 11.3 Å². The SMILES string of the molecule is CC(C)CNC/C=C/c1cc(Br)c(Br)s1. The molecule has 0 spiro atoms. The summed E-state index contributed by atoms with van der Waals surface area (Å²) in [6.45, 7) is 6.43. The van der Waals surface area contributed by atoms with Crippen LogP contribution < -0.4 is 5.32 Å². The lowest BCUT2D eigenvalue weighted by Crippen LogP contribution is -2.19. The van der Waals surface area contributed by atoms with Gasteiger partial charge in [-0.1, -0.05) is 19.9 Å². The minimum absolute atomic E-state index is 0.712. The molecule has 0 bridgehead atoms. The summed E-state index contributed by atoms with van der Waals surface area (Å²) in [5.74, 6) is 0.712. The van der Waals surface area contributed by atoms with Crippen LogP contribution in [0.3, 0.4) is 0 Å². The van der Waals surface area contributed by atoms with Crippen molar-refractivity contribution in [2.24, 2.45) is 5.92 Å². The Morgan fingerprint density at radius 2 is 2.20 bits per heavy atom. The molecule has 1 aromatic heterocycles. The van der Waals surface area contributed by atoms with Crippen molar-refractivity contribution in [2.75, 3.05) is 13.1 Å². The molecule has 0 saturated carbocycles. The van der Waals surface area contributed by atoms with E-state index in [1.807, 2.05) is 0 Å². The molecule has 4 heteroatoms. The molecular weight excluding hydrogens is 338 g/mol. The van der Waals surface area contributed by atoms with Crippen LogP contribution in [-0.2, 0) is 0 Å². The van der Waals surface area contributed by atoms with Crippen molar-refractivity contribution in [3.8, 4) is 0 Å². The van der Waals surface area contributed by atoms with E-state index in [1.54, 1.807) is 11.3 Å². The maximum Gasteiger partial charge on any atom is 0.0846 e. The fourth-order valence-electron chi connectivity index (χ4n) is 1.08. The van der Waals surface area contributed by atoms with Gasteiger partial charge in [-0.2, -0.15) is 0 Å². The van der Waals surface area contributed by atoms with Crippen LogP contribution in [0.1, 0.15) is 18.7 Å². The summed E-state index contributed by atoms with van der Waals surface area (Å²) in [6, 6.07) is 2.12. The Morgan fingerprint density at radius 3 is 2.73 bits per heavy atom. The maximum atomic E-state index is 3.48. The van der Waals surface area contributed by atoms with Gasteiger partial charge in [0.15, 0.2) is 0 Å². The molecule has 84 valence electrons. The summed E-state index contributed by atoms with van der Waals surface area (Å²) in [5, 5.41) is 3.37. The van der Waals surface area contributed by atoms with Crippen LogP contribution in [-0.4, -0.2) is 13.1 Å². The summed E-state index contributed by atoms with van der Waals surface area (Å²) in [6.07, 6.45) is 4.31. The van der Waals surface area contributed by atoms with Gasteiger partial charge in [-0.25, -0.2) is 0 Å². The monoisotopic (exact) mass is 351 g/mol. The van der Waals surface area contributed by atoms with Crippen molar-refractivity contribution in [2.45, 2.75) is 13.8 Å². The minimum Gasteiger partial charge on any atom is -0.313 e. The topological polar surface area (TPSA) is 12.0 Å². The largest absolute Gasteiger partial charge is 0.313 e. The van der Waals surface area contributed by atoms with E-state index < -0.39 is 0 Å². The van der Waals surface area contributed by atoms with Crippen molar-refractivity contribution in [1.82, 2.24) is 5.32 Å². The summed E-state index contributed by atoms with van der Waals surface area (Å²) >= 11 is 8.69. The third kappa shape index (κ3) is 5.29. The van der Waals surface area contributed by atoms with Crippen molar-refractivity contribution in [1.29, 1.82) is 0 Å². The van der Waals surface area contributed by atoms with Crippen LogP contribution in [0.25, 0.3) is 6.08 Å². The standard InChI is InChI=1S/C11H15Br2NS/c1-8(2)7-14-5-3-4-9-6-10(12)11(13)15-9/h3-4,6,8,14H,5,7H2,1-2H3/b4-3+. The molecule has 0 aliphatic heterocycles. The summed E-state index contributed by atoms with van der Waals surface area (Å²) < 4.78 is 2.28. The predicted octanol–water partition coefficient (Wildman–Crippen LogP) is 4.53. The van der Waals surface area contributed by atoms with Gasteiger partial charge in [0.2, 0.25) is 0 Å². The average molecular weight is 353 g/mol. The number of halogens is 2. The van der Waals surface area contributed by atoms with Gasteiger partial charge >= 0.3 is 0 Å². The number of rotatable bonds is 5. The molecule has 1 aromatic rings. The third-order valence-electron chi connectivity index (χ3n) is 1.76. The van der Waals surface area contributed by atoms with E-state index in [1.165, 1.54) is 4.88 Å². The molecule has 1 nitrogen and oxygen atoms in total. The highest BCUT2D eigenvalue weighted by atomic mass is 79.9. The lowest BCUT2D eigenvalue weighted by atomic mass is 10.2. The zero-order chi connectivity index (χ0) is 11.3. The first-order chi connectivity index (χ1) is 7.09. The predicted molar refractivity (Wildman–Crippen MR) is 76.5 cm³/mol. The number of thiophene rings is 1. The first-order valence-electron chi connectivity index (χ1n) is 4.91. The Balaban J connectivity index is 2.32. The molecule has 0 aliphatic rings. The second-order valence-electron chi connectivity index (χ2n) is 3.72. The average Bonchev–Trinajstić information content (AvgIpc) is 2.45. The Kier molecular flexibility index (Phi) is 6.12. The zero-order valence-electron chi connectivity index (χ0n) is 8.89. The van der Waals surface area contributed by atoms with Gasteiger partial charge in [0.05, 0.1) is 3.79 Å². The highest BCUT2D eigenvalue weighted by molar-refractivity contribution is 9.13. The second-order valence-corrected chi connectivity index (χ2v) is 6.98. The van der Waals surface area contributed by atoms with Crippen molar-refractivity contribution >= 4 is 49.3 Å². The molecule has 0 aliphatic carbocycles. The highest BCUT2D eigenvalue weighted by Crippen LogP contribution is 2.32. The molecule has 0 radical (unpaired) electrons. The Bertz CT molecular complexity index is 312. The molecule has 0 saturated heterocycles. The molecular formula is C11H15Br2NS. The van der Waals surface area contributed by atoms with E-state index in [2.05, 4.69) is 69.2 Å². The van der Waals surface area contributed by atoms with Gasteiger partial charge in [0.1, 0.15) is 0 Å². The van der Waals surface area contributed by atoms with Crippen LogP contribution in [0, 0.1) is 5.92 Å². The third-order valence-corrected chi connectivity index (χ3v) is 4.98. The van der Waals surface area contributed by atoms with Gasteiger partial charge in [-0.05, 0) is 56.5 Å². The number of hydrogen-bond donors (Lipinski definition) is 1. The van der Waals surface area contributed by atoms with E-state index in [4.69, 9.17) is 0 Å². The lowest BCUT2D eigenvalue weighted by molar-refractivity contribution is 0.577. The van der Waals surface area contributed by atoms with Crippen LogP contribution in [0.15, 0.2) is 20.4 Å². The Labute approximate surface area is 112 Å². The van der Waals surface area contributed by atoms with Gasteiger partial charge in [-0.3, -0.25) is 0 Å². The minimum atomic E-state index is 0.712. The van der Waals surface area contributed by atoms with Crippen LogP contribution in [0.4, 0.5) is 0 Å². The molecule has 0 atom stereocenters. The molecule has 0 aromatic carbocycles. The number of nitrogens with one attached hydrogen (secondary N) is 1. The van der Waals surface area contributed by atoms with E-state index >= 15 is 0 Å². The first kappa shape index (κ1) is 13.4. The highest BCUT2D eigenvalue weighted by Gasteiger charge is 2.00. The van der Waals surface area contributed by atoms with Crippen molar-refractivity contribution in [3.05, 3.63) is 25.3 Å². The Morgan fingerprint density at radius 1 is 1.47 bits per heavy atom. The smallest absolute Gasteiger partial charge is 0.0846 e. The van der Waals surface area contributed by atoms with Crippen molar-refractivity contribution < 1.29 is 0 Å². The fourth-order valence-corrected chi connectivity index (χ4v) is 3.10. The molecule has 1 N–H and O–H groups in total. The summed E-state index contributed by atoms with van der Waals surface area (Å²) in [5.41, 5.74) is 0. The Hall–Kier alpha value is 0.360. The summed E-state index contributed by atoms with van der Waals surface area (Å²) in [4.78, 5) is 1.26. The van der Waals surface area contributed by atoms with E-state index in [0.717, 1.165) is 21.3 Å². The molecule has 0 amide bonds. The van der Waals surface area contributed by atoms with Crippen molar-refractivity contribution in [3.63, 3.8) is 0 Å². The van der Waals surface area contributed by atoms with E-state index in [0.29, 0.717) is 5.92 Å². The zero-order valence-corrected chi connectivity index (χ0v) is 12.9. The molecule has 0 fully saturated rings. The van der Waals surface area contributed by atoms with Crippen LogP contribution in [0.2, 0.25) is 0 Å². The quantitative estimate of drug-likeness (QED) is 0.767. The van der Waals surface area contributed by atoms with Crippen LogP contribution in [0.5, 0.6) is 0 Å². The second kappa shape index (κ2) is 6.84. The molecule has 0 unspecified atom stereocenters. The van der Waals surface area contributed by atoms with E-state index in [9.17, 15) is 0 Å². The van der Waals surface area contributed by atoms with E-state index in [-0.39, 0.29) is 0 Å².